The molecule has 6 heteroatoms. The average Bonchev–Trinajstić information content (AvgIpc) is 2.30. The Morgan fingerprint density at radius 2 is 1.90 bits per heavy atom. The molecular weight excluding hydrogens is 278 g/mol. The lowest BCUT2D eigenvalue weighted by Gasteiger charge is -2.12. The van der Waals surface area contributed by atoms with E-state index >= 15 is 0 Å². The van der Waals surface area contributed by atoms with Gasteiger partial charge in [0.1, 0.15) is 5.15 Å². The van der Waals surface area contributed by atoms with Crippen molar-refractivity contribution in [3.63, 3.8) is 0 Å². The van der Waals surface area contributed by atoms with Gasteiger partial charge in [0, 0.05) is 5.69 Å². The fraction of sp³-hybridized carbons (Fsp3) is 0.357. The summed E-state index contributed by atoms with van der Waals surface area (Å²) in [5.74, 6) is -0.0863. The number of aromatic amines is 1. The number of H-pyrrole nitrogens is 1. The summed E-state index contributed by atoms with van der Waals surface area (Å²) in [7, 11) is 0. The third kappa shape index (κ3) is 2.41. The zero-order chi connectivity index (χ0) is 15.0. The van der Waals surface area contributed by atoms with Crippen molar-refractivity contribution in [2.45, 2.75) is 33.6 Å². The van der Waals surface area contributed by atoms with Crippen LogP contribution in [-0.2, 0) is 0 Å². The minimum Gasteiger partial charge on any atom is -0.297 e. The lowest BCUT2D eigenvalue weighted by atomic mass is 10.1. The number of rotatable bonds is 2. The maximum atomic E-state index is 12.5. The van der Waals surface area contributed by atoms with Crippen molar-refractivity contribution in [1.82, 2.24) is 14.5 Å². The maximum absolute atomic E-state index is 12.5. The Labute approximate surface area is 121 Å². The molecule has 0 spiro atoms. The molecule has 5 nitrogen and oxygen atoms in total. The molecule has 0 bridgehead atoms. The molecule has 0 aliphatic heterocycles. The Kier molecular flexibility index (Phi) is 3.81. The smallest absolute Gasteiger partial charge is 0.297 e. The van der Waals surface area contributed by atoms with Crippen molar-refractivity contribution in [3.8, 4) is 5.69 Å². The number of aromatic nitrogens is 3. The van der Waals surface area contributed by atoms with Gasteiger partial charge in [0.05, 0.1) is 16.9 Å². The van der Waals surface area contributed by atoms with E-state index in [1.54, 1.807) is 19.1 Å². The van der Waals surface area contributed by atoms with Crippen molar-refractivity contribution < 1.29 is 0 Å². The second-order valence-electron chi connectivity index (χ2n) is 5.01. The van der Waals surface area contributed by atoms with E-state index in [4.69, 9.17) is 11.6 Å². The average molecular weight is 294 g/mol. The van der Waals surface area contributed by atoms with Gasteiger partial charge < -0.3 is 0 Å². The summed E-state index contributed by atoms with van der Waals surface area (Å²) < 4.78 is 1.09. The van der Waals surface area contributed by atoms with Gasteiger partial charge in [-0.05, 0) is 31.9 Å². The van der Waals surface area contributed by atoms with Crippen molar-refractivity contribution in [2.75, 3.05) is 0 Å². The molecule has 2 rings (SSSR count). The molecule has 0 atom stereocenters. The summed E-state index contributed by atoms with van der Waals surface area (Å²) in [6.07, 6.45) is 0. The Hall–Kier alpha value is -1.88. The number of halogens is 1. The molecule has 0 unspecified atom stereocenters. The molecule has 2 aromatic rings. The molecule has 0 saturated carbocycles. The van der Waals surface area contributed by atoms with Gasteiger partial charge in [0.15, 0.2) is 0 Å². The first-order chi connectivity index (χ1) is 9.32. The molecule has 106 valence electrons. The summed E-state index contributed by atoms with van der Waals surface area (Å²) in [4.78, 5) is 31.4. The SMILES string of the molecule is Cc1ccc(-n2c(=O)[nH]c(Cl)c(C(C)C)c2=O)c(C)n1. The van der Waals surface area contributed by atoms with E-state index in [0.717, 1.165) is 10.3 Å². The standard InChI is InChI=1S/C14H16ClN3O2/c1-7(2)11-12(15)17-14(20)18(13(11)19)10-6-5-8(3)16-9(10)4/h5-7H,1-4H3,(H,17,20). The molecule has 0 aliphatic rings. The zero-order valence-electron chi connectivity index (χ0n) is 11.8. The highest BCUT2D eigenvalue weighted by atomic mass is 35.5. The van der Waals surface area contributed by atoms with E-state index in [-0.39, 0.29) is 11.1 Å². The van der Waals surface area contributed by atoms with Crippen molar-refractivity contribution in [3.05, 3.63) is 55.1 Å². The van der Waals surface area contributed by atoms with E-state index in [1.165, 1.54) is 0 Å². The van der Waals surface area contributed by atoms with Gasteiger partial charge in [-0.15, -0.1) is 0 Å². The Bertz CT molecular complexity index is 775. The summed E-state index contributed by atoms with van der Waals surface area (Å²) in [6, 6.07) is 3.48. The van der Waals surface area contributed by atoms with Crippen LogP contribution in [0.4, 0.5) is 0 Å². The van der Waals surface area contributed by atoms with E-state index in [9.17, 15) is 9.59 Å². The largest absolute Gasteiger partial charge is 0.334 e. The first kappa shape index (κ1) is 14.5. The van der Waals surface area contributed by atoms with Gasteiger partial charge in [-0.1, -0.05) is 25.4 Å². The normalized spacial score (nSPS) is 11.1. The fourth-order valence-corrected chi connectivity index (χ4v) is 2.54. The van der Waals surface area contributed by atoms with Gasteiger partial charge in [0.2, 0.25) is 0 Å². The summed E-state index contributed by atoms with van der Waals surface area (Å²) in [5.41, 5.74) is 1.36. The fourth-order valence-electron chi connectivity index (χ4n) is 2.16. The molecule has 20 heavy (non-hydrogen) atoms. The van der Waals surface area contributed by atoms with Crippen LogP contribution in [0.15, 0.2) is 21.7 Å². The molecule has 2 heterocycles. The molecular formula is C14H16ClN3O2. The second-order valence-corrected chi connectivity index (χ2v) is 5.39. The third-order valence-corrected chi connectivity index (χ3v) is 3.40. The molecule has 0 aliphatic carbocycles. The number of hydrogen-bond acceptors (Lipinski definition) is 3. The van der Waals surface area contributed by atoms with Crippen molar-refractivity contribution in [2.24, 2.45) is 0 Å². The van der Waals surface area contributed by atoms with Crippen molar-refractivity contribution >= 4 is 11.6 Å². The predicted octanol–water partition coefficient (Wildman–Crippen LogP) is 2.31. The highest BCUT2D eigenvalue weighted by Gasteiger charge is 2.17. The van der Waals surface area contributed by atoms with Crippen LogP contribution in [-0.4, -0.2) is 14.5 Å². The molecule has 1 N–H and O–H groups in total. The molecule has 0 fully saturated rings. The quantitative estimate of drug-likeness (QED) is 0.864. The van der Waals surface area contributed by atoms with Gasteiger partial charge in [-0.2, -0.15) is 0 Å². The lowest BCUT2D eigenvalue weighted by Crippen LogP contribution is -2.37. The van der Waals surface area contributed by atoms with E-state index < -0.39 is 11.2 Å². The first-order valence-electron chi connectivity index (χ1n) is 6.32. The van der Waals surface area contributed by atoms with Crippen LogP contribution >= 0.6 is 11.6 Å². The highest BCUT2D eigenvalue weighted by molar-refractivity contribution is 6.30. The zero-order valence-corrected chi connectivity index (χ0v) is 12.6. The maximum Gasteiger partial charge on any atom is 0.334 e. The number of pyridine rings is 1. The Morgan fingerprint density at radius 1 is 1.25 bits per heavy atom. The van der Waals surface area contributed by atoms with Gasteiger partial charge in [-0.25, -0.2) is 9.36 Å². The molecule has 0 amide bonds. The Balaban J connectivity index is 2.85. The monoisotopic (exact) mass is 293 g/mol. The number of aryl methyl sites for hydroxylation is 2. The summed E-state index contributed by atoms with van der Waals surface area (Å²) in [6.45, 7) is 7.32. The van der Waals surface area contributed by atoms with Crippen molar-refractivity contribution in [1.29, 1.82) is 0 Å². The van der Waals surface area contributed by atoms with Crippen LogP contribution < -0.4 is 11.2 Å². The minimum absolute atomic E-state index is 0.0863. The summed E-state index contributed by atoms with van der Waals surface area (Å²) >= 11 is 5.97. The topological polar surface area (TPSA) is 67.8 Å². The number of nitrogens with zero attached hydrogens (tertiary/aromatic N) is 2. The van der Waals surface area contributed by atoms with Crippen LogP contribution in [0, 0.1) is 13.8 Å². The molecule has 0 saturated heterocycles. The van der Waals surface area contributed by atoms with E-state index in [2.05, 4.69) is 9.97 Å². The summed E-state index contributed by atoms with van der Waals surface area (Å²) in [5, 5.41) is 0.101. The van der Waals surface area contributed by atoms with E-state index in [1.807, 2.05) is 20.8 Å². The third-order valence-electron chi connectivity index (χ3n) is 3.11. The number of hydrogen-bond donors (Lipinski definition) is 1. The predicted molar refractivity (Wildman–Crippen MR) is 79.0 cm³/mol. The molecule has 0 aromatic carbocycles. The molecule has 2 aromatic heterocycles. The van der Waals surface area contributed by atoms with Crippen LogP contribution in [0.25, 0.3) is 5.69 Å². The van der Waals surface area contributed by atoms with Gasteiger partial charge >= 0.3 is 5.69 Å². The first-order valence-corrected chi connectivity index (χ1v) is 6.70. The highest BCUT2D eigenvalue weighted by Crippen LogP contribution is 2.18. The second kappa shape index (κ2) is 5.25. The van der Waals surface area contributed by atoms with Gasteiger partial charge in [0.25, 0.3) is 5.56 Å². The van der Waals surface area contributed by atoms with Crippen LogP contribution in [0.3, 0.4) is 0 Å². The van der Waals surface area contributed by atoms with Gasteiger partial charge in [-0.3, -0.25) is 14.8 Å². The minimum atomic E-state index is -0.557. The van der Waals surface area contributed by atoms with Crippen LogP contribution in [0.2, 0.25) is 5.15 Å². The van der Waals surface area contributed by atoms with Crippen LogP contribution in [0.1, 0.15) is 36.7 Å². The Morgan fingerprint density at radius 3 is 2.45 bits per heavy atom. The number of nitrogens with one attached hydrogen (secondary N) is 1. The lowest BCUT2D eigenvalue weighted by molar-refractivity contribution is 0.772. The van der Waals surface area contributed by atoms with E-state index in [0.29, 0.717) is 16.9 Å². The molecule has 0 radical (unpaired) electrons. The van der Waals surface area contributed by atoms with Crippen LogP contribution in [0.5, 0.6) is 0 Å².